The van der Waals surface area contributed by atoms with Gasteiger partial charge >= 0.3 is 0 Å². The highest BCUT2D eigenvalue weighted by Crippen LogP contribution is 2.39. The summed E-state index contributed by atoms with van der Waals surface area (Å²) in [5.74, 6) is 3.31. The van der Waals surface area contributed by atoms with Crippen LogP contribution in [0.1, 0.15) is 50.4 Å². The van der Waals surface area contributed by atoms with Crippen LogP contribution in [0.5, 0.6) is 11.5 Å². The maximum atomic E-state index is 15.3. The first-order valence-corrected chi connectivity index (χ1v) is 15.3. The number of terminal acetylenes is 1. The number of fused-ring (bicyclic) bond motifs is 1. The first-order chi connectivity index (χ1) is 21.5. The van der Waals surface area contributed by atoms with Gasteiger partial charge in [-0.15, -0.1) is 6.42 Å². The summed E-state index contributed by atoms with van der Waals surface area (Å²) in [6.45, 7) is 6.43. The van der Waals surface area contributed by atoms with Gasteiger partial charge in [0.25, 0.3) is 0 Å². The predicted molar refractivity (Wildman–Crippen MR) is 179 cm³/mol. The lowest BCUT2D eigenvalue weighted by atomic mass is 9.76. The maximum absolute atomic E-state index is 15.3. The van der Waals surface area contributed by atoms with Gasteiger partial charge in [-0.3, -0.25) is 0 Å². The molecule has 45 heavy (non-hydrogen) atoms. The van der Waals surface area contributed by atoms with Crippen molar-refractivity contribution in [3.8, 4) is 35.2 Å². The molecule has 2 heterocycles. The molecule has 0 fully saturated rings. The first-order valence-electron chi connectivity index (χ1n) is 14.5. The van der Waals surface area contributed by atoms with Gasteiger partial charge < -0.3 is 19.0 Å². The fourth-order valence-electron chi connectivity index (χ4n) is 5.46. The Morgan fingerprint density at radius 3 is 2.71 bits per heavy atom. The number of aryl methyl sites for hydroxylation is 1. The quantitative estimate of drug-likeness (QED) is 0.0471. The van der Waals surface area contributed by atoms with Crippen LogP contribution < -0.4 is 4.74 Å². The van der Waals surface area contributed by atoms with Crippen LogP contribution in [0.3, 0.4) is 0 Å². The van der Waals surface area contributed by atoms with Gasteiger partial charge in [-0.1, -0.05) is 51.2 Å². The monoisotopic (exact) mass is 668 g/mol. The molecule has 0 bridgehead atoms. The minimum absolute atomic E-state index is 0.0182. The molecule has 8 nitrogen and oxygen atoms in total. The first kappa shape index (κ1) is 31.9. The second kappa shape index (κ2) is 13.2. The smallest absolute Gasteiger partial charge is 0.168 e. The summed E-state index contributed by atoms with van der Waals surface area (Å²) >= 11 is 3.63. The molecule has 0 aliphatic rings. The van der Waals surface area contributed by atoms with Crippen molar-refractivity contribution in [2.24, 2.45) is 12.2 Å². The highest BCUT2D eigenvalue weighted by Gasteiger charge is 2.32. The average Bonchev–Trinajstić information content (AvgIpc) is 3.66. The summed E-state index contributed by atoms with van der Waals surface area (Å²) in [4.78, 5) is 11.0. The molecule has 230 valence electrons. The lowest BCUT2D eigenvalue weighted by Gasteiger charge is -2.29. The van der Waals surface area contributed by atoms with Gasteiger partial charge in [-0.05, 0) is 75.0 Å². The Morgan fingerprint density at radius 2 is 1.96 bits per heavy atom. The van der Waals surface area contributed by atoms with Crippen LogP contribution in [0.15, 0.2) is 82.6 Å². The molecule has 1 unspecified atom stereocenters. The second-order valence-corrected chi connectivity index (χ2v) is 12.5. The molecule has 0 aliphatic carbocycles. The molecule has 1 atom stereocenters. The summed E-state index contributed by atoms with van der Waals surface area (Å²) in [5, 5.41) is 4.40. The van der Waals surface area contributed by atoms with E-state index in [4.69, 9.17) is 26.4 Å². The molecule has 0 aliphatic heterocycles. The normalized spacial score (nSPS) is 12.8. The minimum Gasteiger partial charge on any atom is -0.454 e. The van der Waals surface area contributed by atoms with Crippen molar-refractivity contribution >= 4 is 26.8 Å². The third kappa shape index (κ3) is 6.91. The number of benzene rings is 3. The SMILES string of the molecule is C#CC(C)(C)OCCCC(C)(c1cccc(Br)c1)c1cn(C)c(-c2cccc(Oc3c(F)cc4[nH]ccc4c3CN=[N+]=[N-])c2)n1. The number of aromatic nitrogens is 3. The number of nitrogens with zero attached hydrogens (tertiary/aromatic N) is 5. The zero-order valence-electron chi connectivity index (χ0n) is 25.6. The zero-order chi connectivity index (χ0) is 32.2. The fraction of sp³-hybridized carbons (Fsp3) is 0.286. The van der Waals surface area contributed by atoms with Crippen molar-refractivity contribution in [3.05, 3.63) is 111 Å². The van der Waals surface area contributed by atoms with Crippen LogP contribution >= 0.6 is 15.9 Å². The number of nitrogens with one attached hydrogen (secondary N) is 1. The van der Waals surface area contributed by atoms with Crippen molar-refractivity contribution in [1.82, 2.24) is 14.5 Å². The molecule has 3 aromatic carbocycles. The predicted octanol–water partition coefficient (Wildman–Crippen LogP) is 9.59. The van der Waals surface area contributed by atoms with Crippen LogP contribution in [0, 0.1) is 18.2 Å². The van der Waals surface area contributed by atoms with Crippen LogP contribution in [-0.2, 0) is 23.7 Å². The van der Waals surface area contributed by atoms with E-state index in [1.165, 1.54) is 6.07 Å². The van der Waals surface area contributed by atoms with Gasteiger partial charge in [-0.2, -0.15) is 0 Å². The number of azide groups is 1. The molecule has 0 spiro atoms. The topological polar surface area (TPSA) is 101 Å². The molecular weight excluding hydrogens is 635 g/mol. The molecule has 5 aromatic rings. The number of ether oxygens (including phenoxy) is 2. The molecular formula is C35H34BrFN6O2. The van der Waals surface area contributed by atoms with E-state index in [1.54, 1.807) is 18.3 Å². The molecule has 0 saturated carbocycles. The fourth-order valence-corrected chi connectivity index (χ4v) is 5.86. The van der Waals surface area contributed by atoms with Crippen LogP contribution in [0.25, 0.3) is 32.7 Å². The zero-order valence-corrected chi connectivity index (χ0v) is 27.2. The third-order valence-corrected chi connectivity index (χ3v) is 8.50. The molecule has 0 radical (unpaired) electrons. The van der Waals surface area contributed by atoms with E-state index in [9.17, 15) is 0 Å². The largest absolute Gasteiger partial charge is 0.454 e. The molecule has 0 saturated heterocycles. The van der Waals surface area contributed by atoms with Crippen molar-refractivity contribution in [2.45, 2.75) is 51.2 Å². The van der Waals surface area contributed by atoms with E-state index in [-0.39, 0.29) is 12.3 Å². The van der Waals surface area contributed by atoms with Crippen molar-refractivity contribution in [1.29, 1.82) is 0 Å². The molecule has 1 N–H and O–H groups in total. The Hall–Kier alpha value is -4.55. The standard InChI is InChI=1S/C35H34BrFN6O2/c1-6-34(2,3)44-17-9-15-35(4,24-11-8-12-25(36)19-24)31-22-43(5)33(41-31)23-10-7-13-26(18-23)45-32-28(21-40-42-38)27-14-16-39-30(27)20-29(32)37/h1,7-8,10-14,16,18-20,22,39H,9,15,17,21H2,2-5H3. The molecule has 0 amide bonds. The number of hydrogen-bond acceptors (Lipinski definition) is 4. The number of halogens is 2. The lowest BCUT2D eigenvalue weighted by molar-refractivity contribution is 0.0234. The van der Waals surface area contributed by atoms with E-state index in [1.807, 2.05) is 62.0 Å². The number of H-pyrrole nitrogens is 1. The lowest BCUT2D eigenvalue weighted by Crippen LogP contribution is -2.27. The number of aromatic amines is 1. The van der Waals surface area contributed by atoms with Crippen molar-refractivity contribution in [3.63, 3.8) is 0 Å². The van der Waals surface area contributed by atoms with Gasteiger partial charge in [0.05, 0.1) is 12.2 Å². The van der Waals surface area contributed by atoms with Gasteiger partial charge in [0.15, 0.2) is 11.6 Å². The number of rotatable bonds is 12. The van der Waals surface area contributed by atoms with Crippen molar-refractivity contribution < 1.29 is 13.9 Å². The van der Waals surface area contributed by atoms with E-state index in [0.717, 1.165) is 45.3 Å². The Bertz CT molecular complexity index is 1930. The summed E-state index contributed by atoms with van der Waals surface area (Å²) in [6, 6.07) is 18.8. The second-order valence-electron chi connectivity index (χ2n) is 11.6. The van der Waals surface area contributed by atoms with E-state index in [2.05, 4.69) is 55.9 Å². The van der Waals surface area contributed by atoms with Gasteiger partial charge in [0.2, 0.25) is 0 Å². The van der Waals surface area contributed by atoms with E-state index in [0.29, 0.717) is 23.4 Å². The molecule has 2 aromatic heterocycles. The van der Waals surface area contributed by atoms with E-state index >= 15 is 4.39 Å². The number of hydrogen-bond donors (Lipinski definition) is 1. The highest BCUT2D eigenvalue weighted by atomic mass is 79.9. The third-order valence-electron chi connectivity index (χ3n) is 8.01. The van der Waals surface area contributed by atoms with Gasteiger partial charge in [0, 0.05) is 68.9 Å². The van der Waals surface area contributed by atoms with Crippen LogP contribution in [-0.4, -0.2) is 26.7 Å². The summed E-state index contributed by atoms with van der Waals surface area (Å²) < 4.78 is 30.3. The van der Waals surface area contributed by atoms with E-state index < -0.39 is 16.8 Å². The molecule has 10 heteroatoms. The summed E-state index contributed by atoms with van der Waals surface area (Å²) in [5.41, 5.74) is 11.8. The molecule has 5 rings (SSSR count). The minimum atomic E-state index is -0.628. The summed E-state index contributed by atoms with van der Waals surface area (Å²) in [6.07, 6.45) is 10.9. The van der Waals surface area contributed by atoms with Crippen LogP contribution in [0.4, 0.5) is 4.39 Å². The Balaban J connectivity index is 1.48. The highest BCUT2D eigenvalue weighted by molar-refractivity contribution is 9.10. The Labute approximate surface area is 270 Å². The van der Waals surface area contributed by atoms with Crippen LogP contribution in [0.2, 0.25) is 0 Å². The Kier molecular flexibility index (Phi) is 9.35. The Morgan fingerprint density at radius 1 is 1.16 bits per heavy atom. The maximum Gasteiger partial charge on any atom is 0.168 e. The van der Waals surface area contributed by atoms with Gasteiger partial charge in [-0.25, -0.2) is 9.37 Å². The van der Waals surface area contributed by atoms with Crippen molar-refractivity contribution in [2.75, 3.05) is 6.61 Å². The summed E-state index contributed by atoms with van der Waals surface area (Å²) in [7, 11) is 1.96. The average molecular weight is 670 g/mol. The number of imidazole rings is 1. The van der Waals surface area contributed by atoms with Gasteiger partial charge in [0.1, 0.15) is 17.2 Å².